The van der Waals surface area contributed by atoms with Gasteiger partial charge in [0.05, 0.1) is 29.4 Å². The van der Waals surface area contributed by atoms with Gasteiger partial charge >= 0.3 is 5.97 Å². The number of hydrogen-bond donors (Lipinski definition) is 0. The molecule has 2 heterocycles. The molecule has 0 aliphatic rings. The molecule has 0 amide bonds. The van der Waals surface area contributed by atoms with Gasteiger partial charge in [-0.15, -0.1) is 5.10 Å². The molecule has 0 radical (unpaired) electrons. The highest BCUT2D eigenvalue weighted by Crippen LogP contribution is 2.19. The number of aromatic nitrogens is 4. The Kier molecular flexibility index (Phi) is 4.25. The van der Waals surface area contributed by atoms with E-state index in [-0.39, 0.29) is 5.69 Å². The van der Waals surface area contributed by atoms with Crippen molar-refractivity contribution in [3.63, 3.8) is 0 Å². The molecule has 3 rings (SSSR count). The Morgan fingerprint density at radius 2 is 2.17 bits per heavy atom. The first kappa shape index (κ1) is 15.4. The zero-order valence-electron chi connectivity index (χ0n) is 12.8. The van der Waals surface area contributed by atoms with Gasteiger partial charge in [-0.3, -0.25) is 4.98 Å². The highest BCUT2D eigenvalue weighted by Gasteiger charge is 2.17. The number of benzene rings is 1. The van der Waals surface area contributed by atoms with Crippen molar-refractivity contribution in [1.29, 1.82) is 0 Å². The molecule has 2 aromatic heterocycles. The number of nitrogens with zero attached hydrogens (tertiary/aromatic N) is 4. The van der Waals surface area contributed by atoms with Gasteiger partial charge in [0, 0.05) is 11.6 Å². The van der Waals surface area contributed by atoms with Crippen LogP contribution in [0.15, 0.2) is 30.5 Å². The Hall–Kier alpha value is -2.47. The molecule has 1 aromatic carbocycles. The number of hydrogen-bond acceptors (Lipinski definition) is 5. The summed E-state index contributed by atoms with van der Waals surface area (Å²) in [6, 6.07) is 7.76. The fraction of sp³-hybridized carbons (Fsp3) is 0.250. The summed E-state index contributed by atoms with van der Waals surface area (Å²) < 4.78 is 6.64. The molecule has 118 valence electrons. The third-order valence-corrected chi connectivity index (χ3v) is 3.70. The van der Waals surface area contributed by atoms with Crippen LogP contribution in [0.1, 0.15) is 28.7 Å². The zero-order valence-corrected chi connectivity index (χ0v) is 13.5. The molecule has 0 saturated carbocycles. The van der Waals surface area contributed by atoms with Gasteiger partial charge in [-0.05, 0) is 37.6 Å². The van der Waals surface area contributed by atoms with Crippen LogP contribution < -0.4 is 0 Å². The number of esters is 1. The first-order valence-electron chi connectivity index (χ1n) is 7.20. The van der Waals surface area contributed by atoms with E-state index in [1.807, 2.05) is 24.3 Å². The summed E-state index contributed by atoms with van der Waals surface area (Å²) in [5.74, 6) is -0.453. The summed E-state index contributed by atoms with van der Waals surface area (Å²) in [7, 11) is 0. The Morgan fingerprint density at radius 3 is 2.96 bits per heavy atom. The average molecular weight is 331 g/mol. The van der Waals surface area contributed by atoms with Crippen molar-refractivity contribution in [2.24, 2.45) is 0 Å². The van der Waals surface area contributed by atoms with E-state index >= 15 is 0 Å². The van der Waals surface area contributed by atoms with Crippen LogP contribution in [0.3, 0.4) is 0 Å². The molecule has 3 aromatic rings. The molecule has 6 nitrogen and oxygen atoms in total. The molecule has 23 heavy (non-hydrogen) atoms. The highest BCUT2D eigenvalue weighted by atomic mass is 35.5. The van der Waals surface area contributed by atoms with Crippen LogP contribution in [0.2, 0.25) is 5.02 Å². The fourth-order valence-corrected chi connectivity index (χ4v) is 2.49. The van der Waals surface area contributed by atoms with Crippen molar-refractivity contribution < 1.29 is 9.53 Å². The molecule has 0 fully saturated rings. The van der Waals surface area contributed by atoms with E-state index in [1.165, 1.54) is 0 Å². The molecular weight excluding hydrogens is 316 g/mol. The minimum atomic E-state index is -0.453. The lowest BCUT2D eigenvalue weighted by atomic mass is 10.1. The minimum Gasteiger partial charge on any atom is -0.461 e. The molecule has 0 unspecified atom stereocenters. The number of fused-ring (bicyclic) bond motifs is 1. The van der Waals surface area contributed by atoms with E-state index in [4.69, 9.17) is 16.3 Å². The summed E-state index contributed by atoms with van der Waals surface area (Å²) in [5, 5.41) is 9.50. The highest BCUT2D eigenvalue weighted by molar-refractivity contribution is 6.31. The quantitative estimate of drug-likeness (QED) is 0.688. The Morgan fingerprint density at radius 1 is 1.35 bits per heavy atom. The molecule has 0 saturated heterocycles. The van der Waals surface area contributed by atoms with Gasteiger partial charge < -0.3 is 4.74 Å². The number of ether oxygens (including phenoxy) is 1. The van der Waals surface area contributed by atoms with Crippen LogP contribution in [0.4, 0.5) is 0 Å². The van der Waals surface area contributed by atoms with E-state index in [0.717, 1.165) is 16.5 Å². The van der Waals surface area contributed by atoms with Crippen molar-refractivity contribution in [2.45, 2.75) is 20.4 Å². The van der Waals surface area contributed by atoms with Crippen LogP contribution in [-0.2, 0) is 11.3 Å². The van der Waals surface area contributed by atoms with E-state index < -0.39 is 5.97 Å². The standard InChI is InChI=1S/C16H15ClN4O2/c1-3-23-16(22)15-10(2)21(20-19-15)9-11-4-5-14-12(6-11)7-13(17)8-18-14/h4-8H,3,9H2,1-2H3. The van der Waals surface area contributed by atoms with E-state index in [0.29, 0.717) is 23.9 Å². The Balaban J connectivity index is 1.89. The maximum Gasteiger partial charge on any atom is 0.360 e. The summed E-state index contributed by atoms with van der Waals surface area (Å²) in [4.78, 5) is 16.0. The Labute approximate surface area is 138 Å². The van der Waals surface area contributed by atoms with Gasteiger partial charge in [-0.2, -0.15) is 0 Å². The van der Waals surface area contributed by atoms with Crippen molar-refractivity contribution in [3.8, 4) is 0 Å². The number of rotatable bonds is 4. The van der Waals surface area contributed by atoms with E-state index in [1.54, 1.807) is 24.7 Å². The predicted octanol–water partition coefficient (Wildman–Crippen LogP) is 3.01. The van der Waals surface area contributed by atoms with Crippen molar-refractivity contribution in [1.82, 2.24) is 20.0 Å². The van der Waals surface area contributed by atoms with Gasteiger partial charge in [-0.25, -0.2) is 9.48 Å². The van der Waals surface area contributed by atoms with Crippen molar-refractivity contribution >= 4 is 28.5 Å². The topological polar surface area (TPSA) is 69.9 Å². The lowest BCUT2D eigenvalue weighted by molar-refractivity contribution is 0.0518. The van der Waals surface area contributed by atoms with Crippen LogP contribution in [0, 0.1) is 6.92 Å². The maximum absolute atomic E-state index is 11.8. The lowest BCUT2D eigenvalue weighted by Crippen LogP contribution is -2.09. The summed E-state index contributed by atoms with van der Waals surface area (Å²) in [6.07, 6.45) is 1.62. The number of carbonyl (C=O) groups excluding carboxylic acids is 1. The maximum atomic E-state index is 11.8. The predicted molar refractivity (Wildman–Crippen MR) is 86.6 cm³/mol. The van der Waals surface area contributed by atoms with E-state index in [2.05, 4.69) is 15.3 Å². The molecule has 0 bridgehead atoms. The van der Waals surface area contributed by atoms with Gasteiger partial charge in [0.25, 0.3) is 0 Å². The summed E-state index contributed by atoms with van der Waals surface area (Å²) in [6.45, 7) is 4.36. The number of carbonyl (C=O) groups is 1. The largest absolute Gasteiger partial charge is 0.461 e. The zero-order chi connectivity index (χ0) is 16.4. The second-order valence-corrected chi connectivity index (χ2v) is 5.52. The van der Waals surface area contributed by atoms with Gasteiger partial charge in [0.1, 0.15) is 0 Å². The molecule has 0 atom stereocenters. The molecule has 0 aliphatic heterocycles. The normalized spacial score (nSPS) is 10.9. The van der Waals surface area contributed by atoms with E-state index in [9.17, 15) is 4.79 Å². The second kappa shape index (κ2) is 6.34. The Bertz CT molecular complexity index is 876. The third-order valence-electron chi connectivity index (χ3n) is 3.50. The SMILES string of the molecule is CCOC(=O)c1nnn(Cc2ccc3ncc(Cl)cc3c2)c1C. The molecule has 0 aliphatic carbocycles. The minimum absolute atomic E-state index is 0.248. The first-order chi connectivity index (χ1) is 11.1. The fourth-order valence-electron chi connectivity index (χ4n) is 2.32. The van der Waals surface area contributed by atoms with Gasteiger partial charge in [0.15, 0.2) is 5.69 Å². The third kappa shape index (κ3) is 3.17. The smallest absolute Gasteiger partial charge is 0.360 e. The monoisotopic (exact) mass is 330 g/mol. The lowest BCUT2D eigenvalue weighted by Gasteiger charge is -2.06. The molecule has 0 N–H and O–H groups in total. The molecular formula is C16H15ClN4O2. The summed E-state index contributed by atoms with van der Waals surface area (Å²) >= 11 is 5.98. The van der Waals surface area contributed by atoms with Crippen molar-refractivity contribution in [3.05, 3.63) is 52.4 Å². The summed E-state index contributed by atoms with van der Waals surface area (Å²) in [5.41, 5.74) is 2.82. The van der Waals surface area contributed by atoms with Gasteiger partial charge in [0.2, 0.25) is 0 Å². The van der Waals surface area contributed by atoms with Crippen LogP contribution >= 0.6 is 11.6 Å². The van der Waals surface area contributed by atoms with Gasteiger partial charge in [-0.1, -0.05) is 22.9 Å². The van der Waals surface area contributed by atoms with Crippen LogP contribution in [0.5, 0.6) is 0 Å². The second-order valence-electron chi connectivity index (χ2n) is 5.08. The van der Waals surface area contributed by atoms with Crippen LogP contribution in [-0.4, -0.2) is 32.6 Å². The molecule has 0 spiro atoms. The number of pyridine rings is 1. The first-order valence-corrected chi connectivity index (χ1v) is 7.57. The van der Waals surface area contributed by atoms with Crippen LogP contribution in [0.25, 0.3) is 10.9 Å². The average Bonchev–Trinajstić information content (AvgIpc) is 2.88. The molecule has 7 heteroatoms. The number of halogens is 1. The van der Waals surface area contributed by atoms with Crippen molar-refractivity contribution in [2.75, 3.05) is 6.61 Å².